The van der Waals surface area contributed by atoms with Crippen molar-refractivity contribution in [2.24, 2.45) is 10.4 Å². The van der Waals surface area contributed by atoms with Gasteiger partial charge in [-0.25, -0.2) is 0 Å². The minimum Gasteiger partial charge on any atom is -0.380 e. The molecule has 1 aliphatic heterocycles. The van der Waals surface area contributed by atoms with E-state index >= 15 is 0 Å². The number of benzene rings is 1. The molecule has 1 aromatic carbocycles. The highest BCUT2D eigenvalue weighted by Gasteiger charge is 2.33. The van der Waals surface area contributed by atoms with E-state index < -0.39 is 11.7 Å². The monoisotopic (exact) mass is 329 g/mol. The number of guanidine groups is 1. The van der Waals surface area contributed by atoms with Gasteiger partial charge in [-0.05, 0) is 17.7 Å². The van der Waals surface area contributed by atoms with Crippen LogP contribution >= 0.6 is 0 Å². The van der Waals surface area contributed by atoms with E-state index in [0.717, 1.165) is 37.5 Å². The van der Waals surface area contributed by atoms with Crippen LogP contribution in [0.1, 0.15) is 18.1 Å². The quantitative estimate of drug-likeness (QED) is 0.682. The highest BCUT2D eigenvalue weighted by molar-refractivity contribution is 5.79. The van der Waals surface area contributed by atoms with E-state index in [4.69, 9.17) is 4.74 Å². The Balaban J connectivity index is 1.92. The number of hydrogen-bond donors (Lipinski definition) is 1. The van der Waals surface area contributed by atoms with Gasteiger partial charge in [-0.15, -0.1) is 0 Å². The first kappa shape index (κ1) is 17.6. The third kappa shape index (κ3) is 4.60. The lowest BCUT2D eigenvalue weighted by Gasteiger charge is -2.39. The molecule has 7 heteroatoms. The lowest BCUT2D eigenvalue weighted by molar-refractivity contribution is -0.137. The van der Waals surface area contributed by atoms with Gasteiger partial charge in [0.1, 0.15) is 0 Å². The molecular formula is C16H22F3N3O. The molecule has 4 nitrogen and oxygen atoms in total. The van der Waals surface area contributed by atoms with Crippen LogP contribution in [0.5, 0.6) is 0 Å². The van der Waals surface area contributed by atoms with Gasteiger partial charge in [0.25, 0.3) is 0 Å². The standard InChI is InChI=1S/C16H22F3N3O/c1-15(10-23-11-15)9-21-14(20-2)22(3)8-12-4-6-13(7-5-12)16(17,18)19/h4-7H,8-11H2,1-3H3,(H,20,21). The molecule has 0 atom stereocenters. The van der Waals surface area contributed by atoms with Crippen LogP contribution in [-0.4, -0.2) is 44.7 Å². The highest BCUT2D eigenvalue weighted by Crippen LogP contribution is 2.29. The number of nitrogens with zero attached hydrogens (tertiary/aromatic N) is 2. The molecule has 1 heterocycles. The maximum absolute atomic E-state index is 12.6. The topological polar surface area (TPSA) is 36.9 Å². The summed E-state index contributed by atoms with van der Waals surface area (Å²) >= 11 is 0. The Morgan fingerprint density at radius 1 is 1.30 bits per heavy atom. The first-order valence-electron chi connectivity index (χ1n) is 7.39. The van der Waals surface area contributed by atoms with Crippen molar-refractivity contribution >= 4 is 5.96 Å². The van der Waals surface area contributed by atoms with Crippen LogP contribution in [0.4, 0.5) is 13.2 Å². The molecule has 0 unspecified atom stereocenters. The summed E-state index contributed by atoms with van der Waals surface area (Å²) in [6.07, 6.45) is -4.30. The van der Waals surface area contributed by atoms with Crippen LogP contribution in [0.2, 0.25) is 0 Å². The van der Waals surface area contributed by atoms with Gasteiger partial charge in [-0.2, -0.15) is 13.2 Å². The van der Waals surface area contributed by atoms with Gasteiger partial charge in [0.05, 0.1) is 18.8 Å². The fourth-order valence-corrected chi connectivity index (χ4v) is 2.38. The summed E-state index contributed by atoms with van der Waals surface area (Å²) in [5.74, 6) is 0.707. The Morgan fingerprint density at radius 3 is 2.35 bits per heavy atom. The third-order valence-electron chi connectivity index (χ3n) is 3.85. The Labute approximate surface area is 134 Å². The second-order valence-corrected chi connectivity index (χ2v) is 6.25. The number of rotatable bonds is 4. The lowest BCUT2D eigenvalue weighted by atomic mass is 9.89. The van der Waals surface area contributed by atoms with Crippen LogP contribution in [0.25, 0.3) is 0 Å². The van der Waals surface area contributed by atoms with Crippen molar-refractivity contribution < 1.29 is 17.9 Å². The molecule has 1 fully saturated rings. The second-order valence-electron chi connectivity index (χ2n) is 6.25. The van der Waals surface area contributed by atoms with Crippen molar-refractivity contribution in [3.8, 4) is 0 Å². The molecule has 0 aromatic heterocycles. The number of aliphatic imine (C=N–C) groups is 1. The molecule has 1 aliphatic rings. The molecule has 0 spiro atoms. The Hall–Kier alpha value is -1.76. The predicted octanol–water partition coefficient (Wildman–Crippen LogP) is 2.75. The van der Waals surface area contributed by atoms with Gasteiger partial charge in [0.15, 0.2) is 5.96 Å². The molecule has 1 saturated heterocycles. The SMILES string of the molecule is CN=C(NCC1(C)COC1)N(C)Cc1ccc(C(F)(F)F)cc1. The van der Waals surface area contributed by atoms with E-state index in [9.17, 15) is 13.2 Å². The van der Waals surface area contributed by atoms with Gasteiger partial charge < -0.3 is 15.0 Å². The van der Waals surface area contributed by atoms with Crippen LogP contribution < -0.4 is 5.32 Å². The minimum atomic E-state index is -4.30. The molecule has 0 radical (unpaired) electrons. The summed E-state index contributed by atoms with van der Waals surface area (Å²) < 4.78 is 42.9. The summed E-state index contributed by atoms with van der Waals surface area (Å²) in [5, 5.41) is 3.28. The third-order valence-corrected chi connectivity index (χ3v) is 3.85. The summed E-state index contributed by atoms with van der Waals surface area (Å²) in [7, 11) is 3.54. The zero-order chi connectivity index (χ0) is 17.1. The maximum atomic E-state index is 12.6. The summed E-state index contributed by atoms with van der Waals surface area (Å²) in [6.45, 7) is 4.80. The van der Waals surface area contributed by atoms with Crippen molar-refractivity contribution in [3.05, 3.63) is 35.4 Å². The number of nitrogens with one attached hydrogen (secondary N) is 1. The second kappa shape index (κ2) is 6.78. The fraction of sp³-hybridized carbons (Fsp3) is 0.562. The molecule has 1 aromatic rings. The van der Waals surface area contributed by atoms with E-state index in [1.165, 1.54) is 12.1 Å². The van der Waals surface area contributed by atoms with Crippen LogP contribution in [0.3, 0.4) is 0 Å². The average Bonchev–Trinajstić information content (AvgIpc) is 2.45. The molecule has 128 valence electrons. The smallest absolute Gasteiger partial charge is 0.380 e. The van der Waals surface area contributed by atoms with Crippen molar-refractivity contribution in [2.75, 3.05) is 33.9 Å². The lowest BCUT2D eigenvalue weighted by Crippen LogP contribution is -2.51. The zero-order valence-electron chi connectivity index (χ0n) is 13.6. The van der Waals surface area contributed by atoms with Crippen molar-refractivity contribution in [1.82, 2.24) is 10.2 Å². The summed E-state index contributed by atoms with van der Waals surface area (Å²) in [4.78, 5) is 6.09. The first-order chi connectivity index (χ1) is 10.7. The normalized spacial score (nSPS) is 17.6. The van der Waals surface area contributed by atoms with Gasteiger partial charge in [0, 0.05) is 32.6 Å². The Kier molecular flexibility index (Phi) is 5.19. The molecule has 0 saturated carbocycles. The van der Waals surface area contributed by atoms with Crippen LogP contribution in [0.15, 0.2) is 29.3 Å². The Morgan fingerprint density at radius 2 is 1.91 bits per heavy atom. The molecule has 0 amide bonds. The van der Waals surface area contributed by atoms with Crippen molar-refractivity contribution in [2.45, 2.75) is 19.6 Å². The van der Waals surface area contributed by atoms with E-state index in [-0.39, 0.29) is 5.41 Å². The van der Waals surface area contributed by atoms with Gasteiger partial charge in [-0.1, -0.05) is 19.1 Å². The fourth-order valence-electron chi connectivity index (χ4n) is 2.38. The number of ether oxygens (including phenoxy) is 1. The molecule has 0 bridgehead atoms. The zero-order valence-corrected chi connectivity index (χ0v) is 13.6. The summed E-state index contributed by atoms with van der Waals surface area (Å²) in [6, 6.07) is 5.19. The van der Waals surface area contributed by atoms with E-state index in [1.807, 2.05) is 11.9 Å². The number of halogens is 3. The minimum absolute atomic E-state index is 0.116. The molecular weight excluding hydrogens is 307 g/mol. The maximum Gasteiger partial charge on any atom is 0.416 e. The number of hydrogen-bond acceptors (Lipinski definition) is 2. The van der Waals surface area contributed by atoms with Gasteiger partial charge >= 0.3 is 6.18 Å². The largest absolute Gasteiger partial charge is 0.416 e. The molecule has 2 rings (SSSR count). The molecule has 1 N–H and O–H groups in total. The first-order valence-corrected chi connectivity index (χ1v) is 7.39. The van der Waals surface area contributed by atoms with E-state index in [1.54, 1.807) is 7.05 Å². The Bertz CT molecular complexity index is 551. The van der Waals surface area contributed by atoms with Gasteiger partial charge in [-0.3, -0.25) is 4.99 Å². The average molecular weight is 329 g/mol. The molecule has 0 aliphatic carbocycles. The van der Waals surface area contributed by atoms with Crippen molar-refractivity contribution in [3.63, 3.8) is 0 Å². The van der Waals surface area contributed by atoms with E-state index in [2.05, 4.69) is 17.2 Å². The predicted molar refractivity (Wildman–Crippen MR) is 83.2 cm³/mol. The number of alkyl halides is 3. The van der Waals surface area contributed by atoms with Crippen LogP contribution in [0, 0.1) is 5.41 Å². The molecule has 23 heavy (non-hydrogen) atoms. The van der Waals surface area contributed by atoms with Gasteiger partial charge in [0.2, 0.25) is 0 Å². The van der Waals surface area contributed by atoms with E-state index in [0.29, 0.717) is 12.5 Å². The van der Waals surface area contributed by atoms with Crippen LogP contribution in [-0.2, 0) is 17.5 Å². The highest BCUT2D eigenvalue weighted by atomic mass is 19.4. The summed E-state index contributed by atoms with van der Waals surface area (Å²) in [5.41, 5.74) is 0.275. The van der Waals surface area contributed by atoms with Crippen molar-refractivity contribution in [1.29, 1.82) is 0 Å².